The van der Waals surface area contributed by atoms with Gasteiger partial charge in [-0.05, 0) is 42.8 Å². The summed E-state index contributed by atoms with van der Waals surface area (Å²) in [6.45, 7) is 2.08. The highest BCUT2D eigenvalue weighted by molar-refractivity contribution is 5.96. The quantitative estimate of drug-likeness (QED) is 0.916. The van der Waals surface area contributed by atoms with E-state index in [4.69, 9.17) is 0 Å². The zero-order chi connectivity index (χ0) is 17.4. The van der Waals surface area contributed by atoms with Gasteiger partial charge in [0.1, 0.15) is 5.75 Å². The Hall–Kier alpha value is -2.82. The van der Waals surface area contributed by atoms with Crippen molar-refractivity contribution in [3.8, 4) is 5.75 Å². The minimum Gasteiger partial charge on any atom is -0.508 e. The van der Waals surface area contributed by atoms with Gasteiger partial charge in [-0.1, -0.05) is 18.2 Å². The van der Waals surface area contributed by atoms with Gasteiger partial charge in [-0.15, -0.1) is 0 Å². The van der Waals surface area contributed by atoms with Crippen molar-refractivity contribution in [3.05, 3.63) is 65.7 Å². The van der Waals surface area contributed by atoms with E-state index in [-0.39, 0.29) is 23.6 Å². The van der Waals surface area contributed by atoms with Crippen LogP contribution in [0.25, 0.3) is 0 Å². The van der Waals surface area contributed by atoms with E-state index < -0.39 is 0 Å². The average molecular weight is 336 g/mol. The Labute approximate surface area is 146 Å². The van der Waals surface area contributed by atoms with Crippen LogP contribution in [-0.2, 0) is 0 Å². The molecule has 2 heterocycles. The fraction of sp³-hybridized carbons (Fsp3) is 0.300. The lowest BCUT2D eigenvalue weighted by molar-refractivity contribution is -0.0235. The highest BCUT2D eigenvalue weighted by Crippen LogP contribution is 2.34. The average Bonchev–Trinajstić information content (AvgIpc) is 2.63. The molecule has 0 aromatic heterocycles. The molecule has 128 valence electrons. The molecule has 0 unspecified atom stereocenters. The number of carbonyl (C=O) groups is 2. The largest absolute Gasteiger partial charge is 0.508 e. The molecular weight excluding hydrogens is 316 g/mol. The van der Waals surface area contributed by atoms with Gasteiger partial charge in [-0.3, -0.25) is 9.59 Å². The van der Waals surface area contributed by atoms with Crippen molar-refractivity contribution in [3.63, 3.8) is 0 Å². The van der Waals surface area contributed by atoms with E-state index in [0.29, 0.717) is 23.6 Å². The van der Waals surface area contributed by atoms with Gasteiger partial charge in [-0.2, -0.15) is 0 Å². The van der Waals surface area contributed by atoms with Gasteiger partial charge in [0, 0.05) is 36.7 Å². The van der Waals surface area contributed by atoms with Gasteiger partial charge in [0.15, 0.2) is 0 Å². The molecule has 0 saturated carbocycles. The molecule has 5 heteroatoms. The maximum Gasteiger partial charge on any atom is 0.254 e. The second kappa shape index (κ2) is 6.24. The third-order valence-electron chi connectivity index (χ3n) is 5.24. The molecule has 4 rings (SSSR count). The van der Waals surface area contributed by atoms with E-state index in [1.165, 1.54) is 12.1 Å². The normalized spacial score (nSPS) is 22.1. The van der Waals surface area contributed by atoms with Crippen molar-refractivity contribution in [2.75, 3.05) is 19.6 Å². The zero-order valence-electron chi connectivity index (χ0n) is 13.8. The number of hydrogen-bond donors (Lipinski definition) is 1. The number of carbonyl (C=O) groups excluding carboxylic acids is 2. The molecule has 1 N–H and O–H groups in total. The SMILES string of the molecule is O=C(c1ccccc1)N1CC[C@@H]2CN(C(=O)c3ccc(O)cc3)[C@@H]2C1. The van der Waals surface area contributed by atoms with Crippen molar-refractivity contribution in [1.29, 1.82) is 0 Å². The summed E-state index contributed by atoms with van der Waals surface area (Å²) in [5.41, 5.74) is 1.26. The molecule has 2 atom stereocenters. The first-order chi connectivity index (χ1) is 12.1. The van der Waals surface area contributed by atoms with Crippen LogP contribution >= 0.6 is 0 Å². The number of fused-ring (bicyclic) bond motifs is 1. The molecule has 2 amide bonds. The predicted molar refractivity (Wildman–Crippen MR) is 93.4 cm³/mol. The summed E-state index contributed by atoms with van der Waals surface area (Å²) in [6.07, 6.45) is 0.933. The van der Waals surface area contributed by atoms with Gasteiger partial charge >= 0.3 is 0 Å². The lowest BCUT2D eigenvalue weighted by atomic mass is 9.81. The fourth-order valence-electron chi connectivity index (χ4n) is 3.75. The molecule has 2 fully saturated rings. The van der Waals surface area contributed by atoms with E-state index in [9.17, 15) is 14.7 Å². The smallest absolute Gasteiger partial charge is 0.254 e. The molecule has 0 bridgehead atoms. The van der Waals surface area contributed by atoms with E-state index >= 15 is 0 Å². The van der Waals surface area contributed by atoms with Crippen LogP contribution in [0.15, 0.2) is 54.6 Å². The van der Waals surface area contributed by atoms with Crippen molar-refractivity contribution in [2.45, 2.75) is 12.5 Å². The summed E-state index contributed by atoms with van der Waals surface area (Å²) >= 11 is 0. The Morgan fingerprint density at radius 3 is 2.28 bits per heavy atom. The fourth-order valence-corrected chi connectivity index (χ4v) is 3.75. The second-order valence-corrected chi connectivity index (χ2v) is 6.74. The van der Waals surface area contributed by atoms with Gasteiger partial charge < -0.3 is 14.9 Å². The predicted octanol–water partition coefficient (Wildman–Crippen LogP) is 2.38. The molecule has 2 aliphatic heterocycles. The standard InChI is InChI=1S/C20H20N2O3/c23-17-8-6-15(7-9-17)20(25)22-12-16-10-11-21(13-18(16)22)19(24)14-4-2-1-3-5-14/h1-9,16,18,23H,10-13H2/t16-,18-/m1/s1. The maximum absolute atomic E-state index is 12.7. The van der Waals surface area contributed by atoms with Crippen LogP contribution in [0.4, 0.5) is 0 Å². The molecule has 2 aromatic carbocycles. The maximum atomic E-state index is 12.7. The summed E-state index contributed by atoms with van der Waals surface area (Å²) in [6, 6.07) is 15.7. The molecule has 25 heavy (non-hydrogen) atoms. The van der Waals surface area contributed by atoms with Crippen molar-refractivity contribution < 1.29 is 14.7 Å². The molecule has 2 saturated heterocycles. The minimum atomic E-state index is -0.0322. The van der Waals surface area contributed by atoms with Crippen LogP contribution in [-0.4, -0.2) is 52.4 Å². The monoisotopic (exact) mass is 336 g/mol. The number of phenols is 1. The lowest BCUT2D eigenvalue weighted by Crippen LogP contribution is -2.66. The number of hydrogen-bond acceptors (Lipinski definition) is 3. The summed E-state index contributed by atoms with van der Waals surface area (Å²) in [5.74, 6) is 0.620. The molecule has 0 spiro atoms. The number of phenolic OH excluding ortho intramolecular Hbond substituents is 1. The third kappa shape index (κ3) is 2.86. The zero-order valence-corrected chi connectivity index (χ0v) is 13.8. The molecule has 5 nitrogen and oxygen atoms in total. The third-order valence-corrected chi connectivity index (χ3v) is 5.24. The number of nitrogens with zero attached hydrogens (tertiary/aromatic N) is 2. The molecule has 0 aliphatic carbocycles. The Morgan fingerprint density at radius 2 is 1.56 bits per heavy atom. The molecule has 2 aromatic rings. The van der Waals surface area contributed by atoms with E-state index in [1.54, 1.807) is 12.1 Å². The van der Waals surface area contributed by atoms with Crippen LogP contribution in [0.1, 0.15) is 27.1 Å². The Kier molecular flexibility index (Phi) is 3.92. The van der Waals surface area contributed by atoms with Gasteiger partial charge in [0.05, 0.1) is 6.04 Å². The molecular formula is C20H20N2O3. The molecule has 2 aliphatic rings. The van der Waals surface area contributed by atoms with Crippen LogP contribution in [0.2, 0.25) is 0 Å². The Morgan fingerprint density at radius 1 is 0.880 bits per heavy atom. The first-order valence-electron chi connectivity index (χ1n) is 8.58. The van der Waals surface area contributed by atoms with E-state index in [2.05, 4.69) is 0 Å². The summed E-state index contributed by atoms with van der Waals surface area (Å²) in [4.78, 5) is 29.0. The number of amides is 2. The summed E-state index contributed by atoms with van der Waals surface area (Å²) in [7, 11) is 0. The van der Waals surface area contributed by atoms with Crippen LogP contribution < -0.4 is 0 Å². The molecule has 0 radical (unpaired) electrons. The minimum absolute atomic E-state index is 0.0305. The van der Waals surface area contributed by atoms with Gasteiger partial charge in [0.2, 0.25) is 0 Å². The summed E-state index contributed by atoms with van der Waals surface area (Å²) in [5, 5.41) is 9.37. The number of likely N-dealkylation sites (tertiary alicyclic amines) is 2. The first kappa shape index (κ1) is 15.7. The number of piperidine rings is 1. The van der Waals surface area contributed by atoms with Crippen molar-refractivity contribution in [2.24, 2.45) is 5.92 Å². The number of aromatic hydroxyl groups is 1. The topological polar surface area (TPSA) is 60.9 Å². The van der Waals surface area contributed by atoms with Crippen molar-refractivity contribution >= 4 is 11.8 Å². The highest BCUT2D eigenvalue weighted by atomic mass is 16.3. The van der Waals surface area contributed by atoms with Crippen LogP contribution in [0, 0.1) is 5.92 Å². The van der Waals surface area contributed by atoms with E-state index in [0.717, 1.165) is 19.5 Å². The number of rotatable bonds is 2. The number of benzene rings is 2. The first-order valence-corrected chi connectivity index (χ1v) is 8.58. The van der Waals surface area contributed by atoms with Crippen LogP contribution in [0.5, 0.6) is 5.75 Å². The van der Waals surface area contributed by atoms with Crippen molar-refractivity contribution in [1.82, 2.24) is 9.80 Å². The van der Waals surface area contributed by atoms with Gasteiger partial charge in [0.25, 0.3) is 11.8 Å². The Bertz CT molecular complexity index is 788. The van der Waals surface area contributed by atoms with E-state index in [1.807, 2.05) is 40.1 Å². The lowest BCUT2D eigenvalue weighted by Gasteiger charge is -2.53. The summed E-state index contributed by atoms with van der Waals surface area (Å²) < 4.78 is 0. The van der Waals surface area contributed by atoms with Crippen LogP contribution in [0.3, 0.4) is 0 Å². The second-order valence-electron chi connectivity index (χ2n) is 6.74. The Balaban J connectivity index is 1.46. The van der Waals surface area contributed by atoms with Gasteiger partial charge in [-0.25, -0.2) is 0 Å². The highest BCUT2D eigenvalue weighted by Gasteiger charge is 2.45.